The molecule has 1 aliphatic rings. The van der Waals surface area contributed by atoms with Gasteiger partial charge in [-0.15, -0.1) is 6.58 Å². The Morgan fingerprint density at radius 2 is 2.24 bits per heavy atom. The summed E-state index contributed by atoms with van der Waals surface area (Å²) in [6.45, 7) is 6.93. The zero-order chi connectivity index (χ0) is 15.7. The van der Waals surface area contributed by atoms with Crippen molar-refractivity contribution in [2.24, 2.45) is 5.92 Å². The van der Waals surface area contributed by atoms with Crippen LogP contribution >= 0.6 is 0 Å². The summed E-state index contributed by atoms with van der Waals surface area (Å²) in [6.07, 6.45) is 5.32. The number of nitrogens with one attached hydrogen (secondary N) is 2. The standard InChI is InChI=1S/C15H26N2O4/c1-3-4-9-21-10-8-16-14(20)17-15(13(18)19)7-5-6-12(2)11-15/h3,12H,1,4-11H2,2H3,(H,18,19)(H2,16,17,20). The van der Waals surface area contributed by atoms with Gasteiger partial charge in [-0.3, -0.25) is 0 Å². The van der Waals surface area contributed by atoms with E-state index >= 15 is 0 Å². The zero-order valence-electron chi connectivity index (χ0n) is 12.7. The van der Waals surface area contributed by atoms with Crippen molar-refractivity contribution in [3.05, 3.63) is 12.7 Å². The highest BCUT2D eigenvalue weighted by Gasteiger charge is 2.43. The van der Waals surface area contributed by atoms with Crippen LogP contribution in [0.1, 0.15) is 39.0 Å². The van der Waals surface area contributed by atoms with Crippen molar-refractivity contribution < 1.29 is 19.4 Å². The largest absolute Gasteiger partial charge is 0.480 e. The average molecular weight is 298 g/mol. The number of hydrogen-bond donors (Lipinski definition) is 3. The highest BCUT2D eigenvalue weighted by molar-refractivity contribution is 5.86. The third-order valence-corrected chi connectivity index (χ3v) is 3.76. The smallest absolute Gasteiger partial charge is 0.329 e. The summed E-state index contributed by atoms with van der Waals surface area (Å²) in [5.74, 6) is -0.649. The SMILES string of the molecule is C=CCCOCCNC(=O)NC1(C(=O)O)CCCC(C)C1. The molecule has 0 aromatic carbocycles. The number of carboxylic acid groups (broad SMARTS) is 1. The summed E-state index contributed by atoms with van der Waals surface area (Å²) in [5.41, 5.74) is -1.13. The van der Waals surface area contributed by atoms with Crippen molar-refractivity contribution >= 4 is 12.0 Å². The quantitative estimate of drug-likeness (QED) is 0.472. The molecular weight excluding hydrogens is 272 g/mol. The van der Waals surface area contributed by atoms with E-state index in [1.54, 1.807) is 6.08 Å². The van der Waals surface area contributed by atoms with Crippen molar-refractivity contribution in [1.29, 1.82) is 0 Å². The maximum absolute atomic E-state index is 11.9. The number of aliphatic carboxylic acids is 1. The third-order valence-electron chi connectivity index (χ3n) is 3.76. The number of amides is 2. The van der Waals surface area contributed by atoms with Gasteiger partial charge in [0.25, 0.3) is 0 Å². The Balaban J connectivity index is 2.36. The second-order valence-electron chi connectivity index (χ2n) is 5.66. The molecule has 3 N–H and O–H groups in total. The topological polar surface area (TPSA) is 87.7 Å². The first-order valence-corrected chi connectivity index (χ1v) is 7.48. The van der Waals surface area contributed by atoms with Gasteiger partial charge in [-0.25, -0.2) is 9.59 Å². The highest BCUT2D eigenvalue weighted by Crippen LogP contribution is 2.32. The van der Waals surface area contributed by atoms with Crippen LogP contribution in [0.15, 0.2) is 12.7 Å². The molecule has 6 heteroatoms. The molecule has 2 atom stereocenters. The Kier molecular flexibility index (Phi) is 7.22. The Morgan fingerprint density at radius 1 is 1.48 bits per heavy atom. The van der Waals surface area contributed by atoms with Crippen LogP contribution in [0.3, 0.4) is 0 Å². The van der Waals surface area contributed by atoms with E-state index in [9.17, 15) is 14.7 Å². The van der Waals surface area contributed by atoms with Gasteiger partial charge in [0, 0.05) is 6.54 Å². The van der Waals surface area contributed by atoms with E-state index in [1.807, 2.05) is 6.92 Å². The molecule has 0 aromatic rings. The number of ether oxygens (including phenoxy) is 1. The summed E-state index contributed by atoms with van der Waals surface area (Å²) < 4.78 is 5.27. The maximum atomic E-state index is 11.9. The molecule has 0 aromatic heterocycles. The fourth-order valence-corrected chi connectivity index (χ4v) is 2.68. The minimum Gasteiger partial charge on any atom is -0.480 e. The van der Waals surface area contributed by atoms with E-state index in [1.165, 1.54) is 0 Å². The molecule has 1 aliphatic carbocycles. The van der Waals surface area contributed by atoms with Crippen LogP contribution in [0.4, 0.5) is 4.79 Å². The molecule has 1 rings (SSSR count). The van der Waals surface area contributed by atoms with Gasteiger partial charge in [-0.05, 0) is 25.2 Å². The van der Waals surface area contributed by atoms with Crippen molar-refractivity contribution in [3.63, 3.8) is 0 Å². The summed E-state index contributed by atoms with van der Waals surface area (Å²) in [6, 6.07) is -0.446. The molecule has 2 unspecified atom stereocenters. The van der Waals surface area contributed by atoms with Crippen LogP contribution in [0.5, 0.6) is 0 Å². The van der Waals surface area contributed by atoms with Crippen LogP contribution in [0.2, 0.25) is 0 Å². The number of hydrogen-bond acceptors (Lipinski definition) is 3. The van der Waals surface area contributed by atoms with Crippen molar-refractivity contribution in [2.75, 3.05) is 19.8 Å². The van der Waals surface area contributed by atoms with E-state index in [0.29, 0.717) is 38.5 Å². The van der Waals surface area contributed by atoms with Crippen molar-refractivity contribution in [2.45, 2.75) is 44.6 Å². The molecule has 0 saturated heterocycles. The second kappa shape index (κ2) is 8.67. The van der Waals surface area contributed by atoms with E-state index in [2.05, 4.69) is 17.2 Å². The van der Waals surface area contributed by atoms with Gasteiger partial charge in [0.15, 0.2) is 0 Å². The van der Waals surface area contributed by atoms with E-state index in [-0.39, 0.29) is 0 Å². The molecule has 0 spiro atoms. The van der Waals surface area contributed by atoms with E-state index < -0.39 is 17.5 Å². The van der Waals surface area contributed by atoms with Crippen LogP contribution in [-0.4, -0.2) is 42.4 Å². The lowest BCUT2D eigenvalue weighted by Crippen LogP contribution is -2.59. The van der Waals surface area contributed by atoms with Crippen LogP contribution in [0.25, 0.3) is 0 Å². The Hall–Kier alpha value is -1.56. The molecule has 6 nitrogen and oxygen atoms in total. The van der Waals surface area contributed by atoms with Gasteiger partial charge in [0.05, 0.1) is 13.2 Å². The summed E-state index contributed by atoms with van der Waals surface area (Å²) in [5, 5.41) is 14.7. The lowest BCUT2D eigenvalue weighted by Gasteiger charge is -2.36. The Labute approximate surface area is 125 Å². The predicted octanol–water partition coefficient (Wildman–Crippen LogP) is 1.91. The highest BCUT2D eigenvalue weighted by atomic mass is 16.5. The molecule has 120 valence electrons. The molecular formula is C15H26N2O4. The number of carbonyl (C=O) groups excluding carboxylic acids is 1. The molecule has 0 radical (unpaired) electrons. The van der Waals surface area contributed by atoms with Gasteiger partial charge in [0.2, 0.25) is 0 Å². The van der Waals surface area contributed by atoms with Gasteiger partial charge in [0.1, 0.15) is 5.54 Å². The molecule has 0 heterocycles. The molecule has 2 amide bonds. The molecule has 21 heavy (non-hydrogen) atoms. The Bertz CT molecular complexity index is 373. The number of rotatable bonds is 8. The fourth-order valence-electron chi connectivity index (χ4n) is 2.68. The minimum atomic E-state index is -1.13. The zero-order valence-corrected chi connectivity index (χ0v) is 12.7. The lowest BCUT2D eigenvalue weighted by atomic mass is 9.76. The fraction of sp³-hybridized carbons (Fsp3) is 0.733. The third kappa shape index (κ3) is 5.75. The predicted molar refractivity (Wildman–Crippen MR) is 80.2 cm³/mol. The maximum Gasteiger partial charge on any atom is 0.329 e. The van der Waals surface area contributed by atoms with Crippen molar-refractivity contribution in [1.82, 2.24) is 10.6 Å². The van der Waals surface area contributed by atoms with Crippen LogP contribution < -0.4 is 10.6 Å². The van der Waals surface area contributed by atoms with Crippen LogP contribution in [-0.2, 0) is 9.53 Å². The molecule has 1 saturated carbocycles. The summed E-state index contributed by atoms with van der Waals surface area (Å²) >= 11 is 0. The molecule has 1 fully saturated rings. The lowest BCUT2D eigenvalue weighted by molar-refractivity contribution is -0.146. The van der Waals surface area contributed by atoms with Gasteiger partial charge in [-0.1, -0.05) is 25.8 Å². The molecule has 0 aliphatic heterocycles. The first-order valence-electron chi connectivity index (χ1n) is 7.48. The van der Waals surface area contributed by atoms with Crippen molar-refractivity contribution in [3.8, 4) is 0 Å². The summed E-state index contributed by atoms with van der Waals surface area (Å²) in [4.78, 5) is 23.4. The van der Waals surface area contributed by atoms with Gasteiger partial charge >= 0.3 is 12.0 Å². The number of carbonyl (C=O) groups is 2. The first kappa shape index (κ1) is 17.5. The van der Waals surface area contributed by atoms with E-state index in [0.717, 1.165) is 19.3 Å². The number of urea groups is 1. The van der Waals surface area contributed by atoms with Gasteiger partial charge < -0.3 is 20.5 Å². The van der Waals surface area contributed by atoms with Gasteiger partial charge in [-0.2, -0.15) is 0 Å². The minimum absolute atomic E-state index is 0.303. The number of carboxylic acids is 1. The van der Waals surface area contributed by atoms with E-state index in [4.69, 9.17) is 4.74 Å². The average Bonchev–Trinajstić information content (AvgIpc) is 2.42. The second-order valence-corrected chi connectivity index (χ2v) is 5.66. The Morgan fingerprint density at radius 3 is 2.86 bits per heavy atom. The summed E-state index contributed by atoms with van der Waals surface area (Å²) in [7, 11) is 0. The molecule has 0 bridgehead atoms. The van der Waals surface area contributed by atoms with Crippen LogP contribution in [0, 0.1) is 5.92 Å². The normalized spacial score (nSPS) is 25.1. The monoisotopic (exact) mass is 298 g/mol. The first-order chi connectivity index (χ1) is 10.00.